The number of nitrogens with zero attached hydrogens (tertiary/aromatic N) is 3. The van der Waals surface area contributed by atoms with Crippen LogP contribution in [0.2, 0.25) is 0 Å². The highest BCUT2D eigenvalue weighted by Crippen LogP contribution is 2.23. The summed E-state index contributed by atoms with van der Waals surface area (Å²) in [4.78, 5) is 32.8. The van der Waals surface area contributed by atoms with Crippen LogP contribution in [0.4, 0.5) is 0 Å². The topological polar surface area (TPSA) is 62.7 Å². The predicted molar refractivity (Wildman–Crippen MR) is 84.4 cm³/mol. The van der Waals surface area contributed by atoms with E-state index in [0.29, 0.717) is 32.6 Å². The second-order valence-electron chi connectivity index (χ2n) is 6.50. The lowest BCUT2D eigenvalue weighted by Crippen LogP contribution is -2.50. The van der Waals surface area contributed by atoms with Crippen molar-refractivity contribution in [3.63, 3.8) is 0 Å². The van der Waals surface area contributed by atoms with Gasteiger partial charge < -0.3 is 14.5 Å². The molecule has 6 heteroatoms. The first-order valence-corrected chi connectivity index (χ1v) is 8.15. The molecule has 3 rings (SSSR count). The van der Waals surface area contributed by atoms with Crippen LogP contribution < -0.4 is 0 Å². The number of rotatable bonds is 3. The second kappa shape index (κ2) is 6.66. The van der Waals surface area contributed by atoms with Crippen LogP contribution in [0.3, 0.4) is 0 Å². The minimum atomic E-state index is -0.247. The Bertz CT molecular complexity index is 568. The van der Waals surface area contributed by atoms with Gasteiger partial charge in [0.15, 0.2) is 0 Å². The summed E-state index contributed by atoms with van der Waals surface area (Å²) in [5, 5.41) is 0. The Hall–Kier alpha value is -1.95. The molecular weight excluding hydrogens is 294 g/mol. The van der Waals surface area contributed by atoms with Crippen molar-refractivity contribution in [2.75, 3.05) is 19.6 Å². The summed E-state index contributed by atoms with van der Waals surface area (Å²) < 4.78 is 5.67. The number of amides is 2. The molecule has 1 aromatic heterocycles. The molecule has 3 atom stereocenters. The van der Waals surface area contributed by atoms with Gasteiger partial charge in [0, 0.05) is 32.3 Å². The molecule has 1 aromatic rings. The van der Waals surface area contributed by atoms with E-state index in [1.54, 1.807) is 11.1 Å². The third-order valence-electron chi connectivity index (χ3n) is 4.37. The van der Waals surface area contributed by atoms with Crippen molar-refractivity contribution in [1.82, 2.24) is 14.8 Å². The number of carbonyl (C=O) groups is 2. The van der Waals surface area contributed by atoms with Gasteiger partial charge in [0.2, 0.25) is 11.8 Å². The van der Waals surface area contributed by atoms with Gasteiger partial charge in [-0.15, -0.1) is 0 Å². The number of carbonyl (C=O) groups excluding carboxylic acids is 2. The molecule has 0 N–H and O–H groups in total. The normalized spacial score (nSPS) is 28.3. The highest BCUT2D eigenvalue weighted by Gasteiger charge is 2.38. The molecule has 3 heterocycles. The highest BCUT2D eigenvalue weighted by molar-refractivity contribution is 5.89. The van der Waals surface area contributed by atoms with Gasteiger partial charge in [-0.25, -0.2) is 0 Å². The van der Waals surface area contributed by atoms with Crippen LogP contribution in [0.25, 0.3) is 0 Å². The maximum atomic E-state index is 12.7. The Morgan fingerprint density at radius 1 is 1.26 bits per heavy atom. The minimum Gasteiger partial charge on any atom is -0.372 e. The smallest absolute Gasteiger partial charge is 0.228 e. The Morgan fingerprint density at radius 2 is 2.00 bits per heavy atom. The summed E-state index contributed by atoms with van der Waals surface area (Å²) in [6, 6.07) is 5.65. The lowest BCUT2D eigenvalue weighted by atomic mass is 10.1. The number of pyridine rings is 1. The van der Waals surface area contributed by atoms with Crippen LogP contribution in [-0.4, -0.2) is 58.4 Å². The fourth-order valence-electron chi connectivity index (χ4n) is 3.39. The largest absolute Gasteiger partial charge is 0.372 e. The Labute approximate surface area is 136 Å². The lowest BCUT2D eigenvalue weighted by Gasteiger charge is -2.36. The summed E-state index contributed by atoms with van der Waals surface area (Å²) in [7, 11) is 0. The average molecular weight is 317 g/mol. The molecule has 0 unspecified atom stereocenters. The molecule has 2 aliphatic rings. The van der Waals surface area contributed by atoms with Crippen molar-refractivity contribution in [1.29, 1.82) is 0 Å². The predicted octanol–water partition coefficient (Wildman–Crippen LogP) is 1.07. The molecule has 2 fully saturated rings. The van der Waals surface area contributed by atoms with Gasteiger partial charge in [0.25, 0.3) is 0 Å². The molecule has 2 saturated heterocycles. The average Bonchev–Trinajstić information content (AvgIpc) is 2.87. The molecule has 0 radical (unpaired) electrons. The van der Waals surface area contributed by atoms with Crippen LogP contribution in [0, 0.1) is 5.92 Å². The fourth-order valence-corrected chi connectivity index (χ4v) is 3.39. The molecular formula is C17H23N3O3. The molecule has 6 nitrogen and oxygen atoms in total. The van der Waals surface area contributed by atoms with Crippen LogP contribution >= 0.6 is 0 Å². The van der Waals surface area contributed by atoms with Gasteiger partial charge in [0.1, 0.15) is 0 Å². The van der Waals surface area contributed by atoms with E-state index in [2.05, 4.69) is 4.98 Å². The number of hydrogen-bond acceptors (Lipinski definition) is 4. The standard InChI is InChI=1S/C17H23N3O3/c1-12-8-20(9-13(2)23-12)17(22)14-7-16(21)19(10-14)11-15-5-3-4-6-18-15/h3-6,12-14H,7-11H2,1-2H3/t12-,13+,14-/m1/s1. The minimum absolute atomic E-state index is 0.0309. The van der Waals surface area contributed by atoms with E-state index in [1.807, 2.05) is 36.9 Å². The SMILES string of the molecule is C[C@@H]1CN(C(=O)[C@@H]2CC(=O)N(Cc3ccccn3)C2)C[C@H](C)O1. The van der Waals surface area contributed by atoms with Crippen molar-refractivity contribution in [2.24, 2.45) is 5.92 Å². The molecule has 0 aliphatic carbocycles. The lowest BCUT2D eigenvalue weighted by molar-refractivity contribution is -0.147. The number of likely N-dealkylation sites (tertiary alicyclic amines) is 1. The van der Waals surface area contributed by atoms with Crippen molar-refractivity contribution < 1.29 is 14.3 Å². The molecule has 0 saturated carbocycles. The van der Waals surface area contributed by atoms with Crippen LogP contribution in [0.1, 0.15) is 26.0 Å². The van der Waals surface area contributed by atoms with Gasteiger partial charge >= 0.3 is 0 Å². The van der Waals surface area contributed by atoms with Gasteiger partial charge in [-0.05, 0) is 26.0 Å². The summed E-state index contributed by atoms with van der Waals surface area (Å²) in [5.41, 5.74) is 0.850. The fraction of sp³-hybridized carbons (Fsp3) is 0.588. The van der Waals surface area contributed by atoms with E-state index in [-0.39, 0.29) is 29.9 Å². The zero-order chi connectivity index (χ0) is 16.4. The first-order chi connectivity index (χ1) is 11.0. The molecule has 2 amide bonds. The van der Waals surface area contributed by atoms with Crippen LogP contribution in [0.15, 0.2) is 24.4 Å². The van der Waals surface area contributed by atoms with E-state index < -0.39 is 0 Å². The third-order valence-corrected chi connectivity index (χ3v) is 4.37. The van der Waals surface area contributed by atoms with Gasteiger partial charge in [-0.1, -0.05) is 6.07 Å². The monoisotopic (exact) mass is 317 g/mol. The van der Waals surface area contributed by atoms with Crippen molar-refractivity contribution in [3.8, 4) is 0 Å². The number of hydrogen-bond donors (Lipinski definition) is 0. The molecule has 0 spiro atoms. The van der Waals surface area contributed by atoms with Crippen molar-refractivity contribution in [3.05, 3.63) is 30.1 Å². The van der Waals surface area contributed by atoms with Gasteiger partial charge in [-0.3, -0.25) is 14.6 Å². The maximum Gasteiger partial charge on any atom is 0.228 e. The van der Waals surface area contributed by atoms with E-state index in [9.17, 15) is 9.59 Å². The van der Waals surface area contributed by atoms with E-state index in [1.165, 1.54) is 0 Å². The number of morpholine rings is 1. The van der Waals surface area contributed by atoms with Crippen LogP contribution in [0.5, 0.6) is 0 Å². The molecule has 2 aliphatic heterocycles. The second-order valence-corrected chi connectivity index (χ2v) is 6.50. The Kier molecular flexibility index (Phi) is 4.61. The zero-order valence-corrected chi connectivity index (χ0v) is 13.6. The first-order valence-electron chi connectivity index (χ1n) is 8.15. The Balaban J connectivity index is 1.61. The van der Waals surface area contributed by atoms with E-state index in [0.717, 1.165) is 5.69 Å². The number of aromatic nitrogens is 1. The Morgan fingerprint density at radius 3 is 2.65 bits per heavy atom. The maximum absolute atomic E-state index is 12.7. The summed E-state index contributed by atoms with van der Waals surface area (Å²) in [6.07, 6.45) is 2.11. The van der Waals surface area contributed by atoms with E-state index >= 15 is 0 Å². The summed E-state index contributed by atoms with van der Waals surface area (Å²) >= 11 is 0. The van der Waals surface area contributed by atoms with Crippen LogP contribution in [-0.2, 0) is 20.9 Å². The molecule has 23 heavy (non-hydrogen) atoms. The quantitative estimate of drug-likeness (QED) is 0.836. The summed E-state index contributed by atoms with van der Waals surface area (Å²) in [6.45, 7) is 6.11. The van der Waals surface area contributed by atoms with Crippen molar-refractivity contribution >= 4 is 11.8 Å². The number of ether oxygens (including phenoxy) is 1. The molecule has 0 bridgehead atoms. The van der Waals surface area contributed by atoms with Gasteiger partial charge in [0.05, 0.1) is 30.4 Å². The third kappa shape index (κ3) is 3.69. The zero-order valence-electron chi connectivity index (χ0n) is 13.6. The highest BCUT2D eigenvalue weighted by atomic mass is 16.5. The van der Waals surface area contributed by atoms with Gasteiger partial charge in [-0.2, -0.15) is 0 Å². The van der Waals surface area contributed by atoms with Crippen molar-refractivity contribution in [2.45, 2.75) is 39.0 Å². The molecule has 0 aromatic carbocycles. The summed E-state index contributed by atoms with van der Waals surface area (Å²) in [5.74, 6) is -0.143. The molecule has 124 valence electrons. The van der Waals surface area contributed by atoms with E-state index in [4.69, 9.17) is 4.74 Å². The first kappa shape index (κ1) is 15.9.